The van der Waals surface area contributed by atoms with Gasteiger partial charge in [0, 0.05) is 28.7 Å². The molecule has 0 unspecified atom stereocenters. The number of rotatable bonds is 7. The maximum Gasteiger partial charge on any atom is 0.312 e. The highest BCUT2D eigenvalue weighted by Gasteiger charge is 2.11. The van der Waals surface area contributed by atoms with E-state index in [2.05, 4.69) is 20.3 Å². The third-order valence-electron chi connectivity index (χ3n) is 3.89. The summed E-state index contributed by atoms with van der Waals surface area (Å²) in [6.07, 6.45) is 1.09. The fourth-order valence-corrected chi connectivity index (χ4v) is 3.80. The Bertz CT molecular complexity index is 1160. The number of aromatic nitrogens is 1. The second kappa shape index (κ2) is 8.93. The van der Waals surface area contributed by atoms with Gasteiger partial charge in [-0.15, -0.1) is 11.3 Å². The molecule has 0 saturated carbocycles. The summed E-state index contributed by atoms with van der Waals surface area (Å²) < 4.78 is 24.9. The molecule has 0 atom stereocenters. The minimum Gasteiger partial charge on any atom is -0.352 e. The summed E-state index contributed by atoms with van der Waals surface area (Å²) in [5, 5.41) is 7.46. The molecule has 156 valence electrons. The first-order valence-electron chi connectivity index (χ1n) is 8.67. The molecule has 3 rings (SSSR count). The monoisotopic (exact) mass is 445 g/mol. The minimum atomic E-state index is -3.34. The summed E-state index contributed by atoms with van der Waals surface area (Å²) in [6, 6.07) is 12.9. The number of anilines is 2. The van der Waals surface area contributed by atoms with Crippen molar-refractivity contribution in [1.29, 1.82) is 0 Å². The van der Waals surface area contributed by atoms with Gasteiger partial charge < -0.3 is 11.1 Å². The number of benzene rings is 2. The van der Waals surface area contributed by atoms with Crippen molar-refractivity contribution in [2.75, 3.05) is 16.3 Å². The number of sulfonamides is 1. The molecule has 1 heterocycles. The number of hydrogen-bond acceptors (Lipinski definition) is 6. The van der Waals surface area contributed by atoms with Crippen LogP contribution in [0.2, 0.25) is 0 Å². The van der Waals surface area contributed by atoms with Gasteiger partial charge in [-0.1, -0.05) is 24.3 Å². The Morgan fingerprint density at radius 3 is 2.33 bits per heavy atom. The molecule has 0 fully saturated rings. The van der Waals surface area contributed by atoms with Gasteiger partial charge in [-0.05, 0) is 29.8 Å². The van der Waals surface area contributed by atoms with E-state index in [4.69, 9.17) is 5.73 Å². The molecular formula is C19H19N5O4S2. The second-order valence-corrected chi connectivity index (χ2v) is 8.96. The van der Waals surface area contributed by atoms with E-state index in [0.717, 1.165) is 17.4 Å². The van der Waals surface area contributed by atoms with Crippen LogP contribution in [0, 0.1) is 0 Å². The van der Waals surface area contributed by atoms with Crippen LogP contribution in [0.25, 0.3) is 11.3 Å². The molecule has 2 aromatic carbocycles. The first-order valence-corrected chi connectivity index (χ1v) is 11.4. The van der Waals surface area contributed by atoms with Gasteiger partial charge >= 0.3 is 6.03 Å². The van der Waals surface area contributed by atoms with Crippen LogP contribution in [0.4, 0.5) is 15.6 Å². The third kappa shape index (κ3) is 6.03. The van der Waals surface area contributed by atoms with Crippen molar-refractivity contribution in [1.82, 2.24) is 10.3 Å². The van der Waals surface area contributed by atoms with E-state index in [1.54, 1.807) is 53.9 Å². The number of hydrogen-bond donors (Lipinski definition) is 4. The van der Waals surface area contributed by atoms with Crippen LogP contribution in [0.15, 0.2) is 53.9 Å². The van der Waals surface area contributed by atoms with Crippen LogP contribution in [-0.2, 0) is 16.6 Å². The zero-order chi connectivity index (χ0) is 21.7. The van der Waals surface area contributed by atoms with E-state index in [9.17, 15) is 18.0 Å². The average Bonchev–Trinajstić information content (AvgIpc) is 3.14. The van der Waals surface area contributed by atoms with Crippen molar-refractivity contribution < 1.29 is 18.0 Å². The van der Waals surface area contributed by atoms with Crippen LogP contribution < -0.4 is 21.1 Å². The van der Waals surface area contributed by atoms with Gasteiger partial charge in [0.05, 0.1) is 11.9 Å². The van der Waals surface area contributed by atoms with Gasteiger partial charge in [-0.25, -0.2) is 18.2 Å². The topological polar surface area (TPSA) is 143 Å². The Kier molecular flexibility index (Phi) is 6.33. The molecule has 3 aromatic rings. The van der Waals surface area contributed by atoms with Gasteiger partial charge in [-0.2, -0.15) is 0 Å². The first-order chi connectivity index (χ1) is 14.2. The smallest absolute Gasteiger partial charge is 0.312 e. The van der Waals surface area contributed by atoms with E-state index < -0.39 is 16.1 Å². The van der Waals surface area contributed by atoms with Crippen molar-refractivity contribution in [3.8, 4) is 11.3 Å². The molecule has 0 aliphatic carbocycles. The minimum absolute atomic E-state index is 0.283. The van der Waals surface area contributed by atoms with Gasteiger partial charge in [-0.3, -0.25) is 14.8 Å². The normalized spacial score (nSPS) is 11.0. The van der Waals surface area contributed by atoms with Crippen molar-refractivity contribution in [2.24, 2.45) is 5.73 Å². The largest absolute Gasteiger partial charge is 0.352 e. The maximum atomic E-state index is 12.4. The van der Waals surface area contributed by atoms with Crippen LogP contribution >= 0.6 is 11.3 Å². The number of nitrogens with one attached hydrogen (secondary N) is 3. The number of thiazole rings is 1. The Hall–Kier alpha value is -3.44. The van der Waals surface area contributed by atoms with Crippen LogP contribution in [0.3, 0.4) is 0 Å². The summed E-state index contributed by atoms with van der Waals surface area (Å²) in [6.45, 7) is 0.283. The van der Waals surface area contributed by atoms with Crippen LogP contribution in [0.1, 0.15) is 15.9 Å². The van der Waals surface area contributed by atoms with E-state index >= 15 is 0 Å². The number of nitrogens with two attached hydrogens (primary N) is 1. The van der Waals surface area contributed by atoms with Crippen molar-refractivity contribution >= 4 is 44.1 Å². The molecule has 11 heteroatoms. The fraction of sp³-hybridized carbons (Fsp3) is 0.105. The van der Waals surface area contributed by atoms with Crippen molar-refractivity contribution in [2.45, 2.75) is 6.54 Å². The molecule has 5 N–H and O–H groups in total. The van der Waals surface area contributed by atoms with Gasteiger partial charge in [0.15, 0.2) is 5.13 Å². The van der Waals surface area contributed by atoms with Gasteiger partial charge in [0.1, 0.15) is 0 Å². The predicted molar refractivity (Wildman–Crippen MR) is 117 cm³/mol. The van der Waals surface area contributed by atoms with Gasteiger partial charge in [0.25, 0.3) is 5.91 Å². The lowest BCUT2D eigenvalue weighted by Gasteiger charge is -2.05. The molecule has 30 heavy (non-hydrogen) atoms. The summed E-state index contributed by atoms with van der Waals surface area (Å²) >= 11 is 1.28. The van der Waals surface area contributed by atoms with Crippen LogP contribution in [0.5, 0.6) is 0 Å². The number of nitrogens with zero attached hydrogens (tertiary/aromatic N) is 1. The Morgan fingerprint density at radius 2 is 1.73 bits per heavy atom. The third-order valence-corrected chi connectivity index (χ3v) is 5.26. The summed E-state index contributed by atoms with van der Waals surface area (Å²) in [7, 11) is -3.34. The highest BCUT2D eigenvalue weighted by molar-refractivity contribution is 7.92. The van der Waals surface area contributed by atoms with Crippen LogP contribution in [-0.4, -0.2) is 31.6 Å². The Balaban J connectivity index is 1.63. The summed E-state index contributed by atoms with van der Waals surface area (Å²) in [4.78, 5) is 27.6. The lowest BCUT2D eigenvalue weighted by molar-refractivity contribution is 0.102. The Labute approximate surface area is 177 Å². The number of amides is 3. The highest BCUT2D eigenvalue weighted by atomic mass is 32.2. The van der Waals surface area contributed by atoms with E-state index in [1.165, 1.54) is 11.3 Å². The fourth-order valence-electron chi connectivity index (χ4n) is 2.52. The molecule has 0 bridgehead atoms. The SMILES string of the molecule is CS(=O)(=O)Nc1ccc(-c2csc(NC(=O)c3ccc(CNC(N)=O)cc3)n2)cc1. The molecule has 0 saturated heterocycles. The standard InChI is InChI=1S/C19H19N5O4S2/c1-30(27,28)24-15-8-6-13(7-9-15)16-11-29-19(22-16)23-17(25)14-4-2-12(3-5-14)10-21-18(20)26/h2-9,11,24H,10H2,1H3,(H3,20,21,26)(H,22,23,25). The number of primary amides is 1. The summed E-state index contributed by atoms with van der Waals surface area (Å²) in [5.74, 6) is -0.307. The number of carbonyl (C=O) groups is 2. The van der Waals surface area contributed by atoms with E-state index in [0.29, 0.717) is 22.1 Å². The molecular weight excluding hydrogens is 426 g/mol. The number of carbonyl (C=O) groups excluding carboxylic acids is 2. The lowest BCUT2D eigenvalue weighted by atomic mass is 10.1. The predicted octanol–water partition coefficient (Wildman–Crippen LogP) is 2.60. The molecule has 9 nitrogen and oxygen atoms in total. The molecule has 0 aliphatic rings. The number of urea groups is 1. The van der Waals surface area contributed by atoms with E-state index in [1.807, 2.05) is 0 Å². The first kappa shape index (κ1) is 21.3. The van der Waals surface area contributed by atoms with E-state index in [-0.39, 0.29) is 12.5 Å². The molecule has 0 radical (unpaired) electrons. The average molecular weight is 446 g/mol. The zero-order valence-electron chi connectivity index (χ0n) is 15.9. The molecule has 3 amide bonds. The zero-order valence-corrected chi connectivity index (χ0v) is 17.5. The molecule has 0 spiro atoms. The maximum absolute atomic E-state index is 12.4. The van der Waals surface area contributed by atoms with Gasteiger partial charge in [0.2, 0.25) is 10.0 Å². The quantitative estimate of drug-likeness (QED) is 0.442. The van der Waals surface area contributed by atoms with Crippen molar-refractivity contribution in [3.05, 3.63) is 65.0 Å². The van der Waals surface area contributed by atoms with Crippen molar-refractivity contribution in [3.63, 3.8) is 0 Å². The Morgan fingerprint density at radius 1 is 1.07 bits per heavy atom. The molecule has 0 aliphatic heterocycles. The molecule has 1 aromatic heterocycles. The highest BCUT2D eigenvalue weighted by Crippen LogP contribution is 2.26. The second-order valence-electron chi connectivity index (χ2n) is 6.36. The lowest BCUT2D eigenvalue weighted by Crippen LogP contribution is -2.28. The summed E-state index contributed by atoms with van der Waals surface area (Å²) in [5.41, 5.74) is 8.21.